The Balaban J connectivity index is 2.86. The molecule has 1 N–H and O–H groups in total. The molecule has 0 amide bonds. The van der Waals surface area contributed by atoms with Crippen molar-refractivity contribution in [3.05, 3.63) is 48.0 Å². The number of hydrogen-bond donors (Lipinski definition) is 1. The van der Waals surface area contributed by atoms with Crippen molar-refractivity contribution in [3.8, 4) is 6.07 Å². The second kappa shape index (κ2) is 6.58. The third-order valence-electron chi connectivity index (χ3n) is 2.77. The van der Waals surface area contributed by atoms with Crippen molar-refractivity contribution >= 4 is 5.97 Å². The molecule has 1 unspecified atom stereocenters. The van der Waals surface area contributed by atoms with E-state index < -0.39 is 5.97 Å². The first-order chi connectivity index (χ1) is 8.58. The number of carbonyl (C=O) groups is 1. The number of rotatable bonds is 6. The second-order valence-corrected chi connectivity index (χ2v) is 4.02. The van der Waals surface area contributed by atoms with Crippen molar-refractivity contribution in [2.24, 2.45) is 0 Å². The van der Waals surface area contributed by atoms with E-state index in [0.29, 0.717) is 12.1 Å². The maximum Gasteiger partial charge on any atom is 0.317 e. The van der Waals surface area contributed by atoms with Gasteiger partial charge in [-0.25, -0.2) is 0 Å². The molecule has 0 saturated carbocycles. The second-order valence-electron chi connectivity index (χ2n) is 4.02. The van der Waals surface area contributed by atoms with Crippen LogP contribution in [0.3, 0.4) is 0 Å². The van der Waals surface area contributed by atoms with Crippen LogP contribution < -0.4 is 0 Å². The molecule has 1 aromatic rings. The van der Waals surface area contributed by atoms with Crippen LogP contribution in [0.5, 0.6) is 0 Å². The van der Waals surface area contributed by atoms with Gasteiger partial charge >= 0.3 is 5.97 Å². The van der Waals surface area contributed by atoms with Gasteiger partial charge in [-0.1, -0.05) is 18.2 Å². The van der Waals surface area contributed by atoms with Gasteiger partial charge in [0.25, 0.3) is 0 Å². The smallest absolute Gasteiger partial charge is 0.317 e. The number of carboxylic acids is 1. The van der Waals surface area contributed by atoms with Gasteiger partial charge in [-0.15, -0.1) is 6.58 Å². The van der Waals surface area contributed by atoms with Crippen molar-refractivity contribution in [2.45, 2.75) is 13.0 Å². The summed E-state index contributed by atoms with van der Waals surface area (Å²) in [7, 11) is 0. The standard InChI is InChI=1S/C14H16N2O2/c1-3-8-16(10-14(17)18)11(2)13-6-4-12(9-15)5-7-13/h3-7,11H,1,8,10H2,2H3,(H,17,18). The fraction of sp³-hybridized carbons (Fsp3) is 0.286. The number of nitrogens with zero attached hydrogens (tertiary/aromatic N) is 2. The zero-order valence-electron chi connectivity index (χ0n) is 10.3. The Morgan fingerprint density at radius 2 is 2.17 bits per heavy atom. The molecule has 94 valence electrons. The highest BCUT2D eigenvalue weighted by atomic mass is 16.4. The van der Waals surface area contributed by atoms with Crippen LogP contribution in [0.2, 0.25) is 0 Å². The average Bonchev–Trinajstić information content (AvgIpc) is 2.37. The number of hydrogen-bond acceptors (Lipinski definition) is 3. The summed E-state index contributed by atoms with van der Waals surface area (Å²) in [5.74, 6) is -0.864. The summed E-state index contributed by atoms with van der Waals surface area (Å²) in [5, 5.41) is 17.6. The summed E-state index contributed by atoms with van der Waals surface area (Å²) in [6.07, 6.45) is 1.68. The van der Waals surface area contributed by atoms with E-state index in [2.05, 4.69) is 12.6 Å². The van der Waals surface area contributed by atoms with E-state index in [4.69, 9.17) is 10.4 Å². The van der Waals surface area contributed by atoms with E-state index >= 15 is 0 Å². The minimum atomic E-state index is -0.864. The van der Waals surface area contributed by atoms with Gasteiger partial charge in [-0.3, -0.25) is 9.69 Å². The molecule has 0 saturated heterocycles. The highest BCUT2D eigenvalue weighted by molar-refractivity contribution is 5.69. The summed E-state index contributed by atoms with van der Waals surface area (Å²) in [4.78, 5) is 12.6. The molecular formula is C14H16N2O2. The monoisotopic (exact) mass is 244 g/mol. The highest BCUT2D eigenvalue weighted by Crippen LogP contribution is 2.20. The minimum absolute atomic E-state index is 0.0345. The molecule has 0 aliphatic rings. The Kier molecular flexibility index (Phi) is 5.09. The van der Waals surface area contributed by atoms with Gasteiger partial charge in [0.15, 0.2) is 0 Å². The highest BCUT2D eigenvalue weighted by Gasteiger charge is 2.17. The Morgan fingerprint density at radius 3 is 2.61 bits per heavy atom. The zero-order valence-corrected chi connectivity index (χ0v) is 10.3. The first kappa shape index (κ1) is 13.9. The van der Waals surface area contributed by atoms with Crippen LogP contribution in [0, 0.1) is 11.3 Å². The molecule has 4 nitrogen and oxygen atoms in total. The molecule has 4 heteroatoms. The van der Waals surface area contributed by atoms with Crippen LogP contribution in [-0.2, 0) is 4.79 Å². The topological polar surface area (TPSA) is 64.3 Å². The fourth-order valence-electron chi connectivity index (χ4n) is 1.75. The zero-order chi connectivity index (χ0) is 13.5. The van der Waals surface area contributed by atoms with E-state index in [1.807, 2.05) is 19.1 Å². The van der Waals surface area contributed by atoms with Gasteiger partial charge in [0.1, 0.15) is 0 Å². The predicted octanol–water partition coefficient (Wildman–Crippen LogP) is 2.19. The first-order valence-electron chi connectivity index (χ1n) is 5.65. The summed E-state index contributed by atoms with van der Waals surface area (Å²) in [6.45, 7) is 6.04. The molecule has 0 aliphatic carbocycles. The lowest BCUT2D eigenvalue weighted by atomic mass is 10.0. The molecule has 1 aromatic carbocycles. The maximum absolute atomic E-state index is 10.8. The third-order valence-corrected chi connectivity index (χ3v) is 2.77. The summed E-state index contributed by atoms with van der Waals surface area (Å²) in [5.41, 5.74) is 1.58. The SMILES string of the molecule is C=CCN(CC(=O)O)C(C)c1ccc(C#N)cc1. The normalized spacial score (nSPS) is 11.8. The van der Waals surface area contributed by atoms with Gasteiger partial charge in [-0.2, -0.15) is 5.26 Å². The maximum atomic E-state index is 10.8. The van der Waals surface area contributed by atoms with E-state index in [1.165, 1.54) is 0 Å². The van der Waals surface area contributed by atoms with Crippen molar-refractivity contribution in [3.63, 3.8) is 0 Å². The van der Waals surface area contributed by atoms with Crippen LogP contribution in [0.1, 0.15) is 24.1 Å². The summed E-state index contributed by atoms with van der Waals surface area (Å²) >= 11 is 0. The number of benzene rings is 1. The molecule has 0 fully saturated rings. The van der Waals surface area contributed by atoms with E-state index in [1.54, 1.807) is 23.1 Å². The van der Waals surface area contributed by atoms with E-state index in [9.17, 15) is 4.79 Å². The quantitative estimate of drug-likeness (QED) is 0.779. The van der Waals surface area contributed by atoms with Crippen LogP contribution in [0.4, 0.5) is 0 Å². The average molecular weight is 244 g/mol. The molecule has 0 aliphatic heterocycles. The Bertz CT molecular complexity index is 460. The van der Waals surface area contributed by atoms with E-state index in [-0.39, 0.29) is 12.6 Å². The van der Waals surface area contributed by atoms with E-state index in [0.717, 1.165) is 5.56 Å². The van der Waals surface area contributed by atoms with Gasteiger partial charge in [0, 0.05) is 12.6 Å². The predicted molar refractivity (Wildman–Crippen MR) is 69.0 cm³/mol. The lowest BCUT2D eigenvalue weighted by molar-refractivity contribution is -0.138. The molecular weight excluding hydrogens is 228 g/mol. The Morgan fingerprint density at radius 1 is 1.56 bits per heavy atom. The van der Waals surface area contributed by atoms with Gasteiger partial charge < -0.3 is 5.11 Å². The molecule has 0 aromatic heterocycles. The number of aliphatic carboxylic acids is 1. The van der Waals surface area contributed by atoms with Crippen LogP contribution in [0.15, 0.2) is 36.9 Å². The van der Waals surface area contributed by atoms with Crippen molar-refractivity contribution in [1.29, 1.82) is 5.26 Å². The van der Waals surface area contributed by atoms with Crippen molar-refractivity contribution < 1.29 is 9.90 Å². The molecule has 1 atom stereocenters. The van der Waals surface area contributed by atoms with Crippen LogP contribution in [-0.4, -0.2) is 29.1 Å². The largest absolute Gasteiger partial charge is 0.480 e. The lowest BCUT2D eigenvalue weighted by Crippen LogP contribution is -2.32. The van der Waals surface area contributed by atoms with Crippen molar-refractivity contribution in [2.75, 3.05) is 13.1 Å². The molecule has 1 rings (SSSR count). The Hall–Kier alpha value is -2.12. The molecule has 0 spiro atoms. The minimum Gasteiger partial charge on any atom is -0.480 e. The van der Waals surface area contributed by atoms with Gasteiger partial charge in [0.2, 0.25) is 0 Å². The van der Waals surface area contributed by atoms with Gasteiger partial charge in [0.05, 0.1) is 18.2 Å². The Labute approximate surface area is 107 Å². The van der Waals surface area contributed by atoms with Crippen LogP contribution >= 0.6 is 0 Å². The number of nitriles is 1. The number of carboxylic acid groups (broad SMARTS) is 1. The fourth-order valence-corrected chi connectivity index (χ4v) is 1.75. The molecule has 18 heavy (non-hydrogen) atoms. The molecule has 0 heterocycles. The summed E-state index contributed by atoms with van der Waals surface area (Å²) in [6, 6.07) is 9.19. The van der Waals surface area contributed by atoms with Gasteiger partial charge in [-0.05, 0) is 24.6 Å². The van der Waals surface area contributed by atoms with Crippen LogP contribution in [0.25, 0.3) is 0 Å². The summed E-state index contributed by atoms with van der Waals surface area (Å²) < 4.78 is 0. The lowest BCUT2D eigenvalue weighted by Gasteiger charge is -2.26. The van der Waals surface area contributed by atoms with Crippen molar-refractivity contribution in [1.82, 2.24) is 4.90 Å². The molecule has 0 radical (unpaired) electrons. The molecule has 0 bridgehead atoms. The third kappa shape index (κ3) is 3.72. The first-order valence-corrected chi connectivity index (χ1v) is 5.65.